The monoisotopic (exact) mass is 364 g/mol. The van der Waals surface area contributed by atoms with Crippen molar-refractivity contribution in [2.75, 3.05) is 19.6 Å². The first-order valence-corrected chi connectivity index (χ1v) is 10.1. The fraction of sp³-hybridized carbons (Fsp3) is 0.842. The molecule has 1 aliphatic heterocycles. The number of rotatable bonds is 5. The van der Waals surface area contributed by atoms with Crippen molar-refractivity contribution in [1.82, 2.24) is 20.9 Å². The molecular weight excluding hydrogens is 332 g/mol. The summed E-state index contributed by atoms with van der Waals surface area (Å²) in [6.45, 7) is 3.80. The van der Waals surface area contributed by atoms with Crippen LogP contribution in [0.15, 0.2) is 0 Å². The van der Waals surface area contributed by atoms with Gasteiger partial charge in [0.05, 0.1) is 6.54 Å². The number of carbonyl (C=O) groups excluding carboxylic acids is 3. The minimum atomic E-state index is -0.382. The highest BCUT2D eigenvalue weighted by molar-refractivity contribution is 5.95. The maximum absolute atomic E-state index is 12.1. The Kier molecular flexibility index (Phi) is 6.51. The van der Waals surface area contributed by atoms with Gasteiger partial charge in [0, 0.05) is 18.0 Å². The summed E-state index contributed by atoms with van der Waals surface area (Å²) in [5.41, 5.74) is 0. The van der Waals surface area contributed by atoms with E-state index in [1.807, 2.05) is 4.90 Å². The lowest BCUT2D eigenvalue weighted by atomic mass is 9.86. The van der Waals surface area contributed by atoms with Gasteiger partial charge in [-0.3, -0.25) is 19.8 Å². The average Bonchev–Trinajstić information content (AvgIpc) is 3.41. The summed E-state index contributed by atoms with van der Waals surface area (Å²) in [4.78, 5) is 38.3. The zero-order valence-corrected chi connectivity index (χ0v) is 15.8. The van der Waals surface area contributed by atoms with Gasteiger partial charge in [-0.25, -0.2) is 4.79 Å². The molecule has 3 aliphatic rings. The van der Waals surface area contributed by atoms with Gasteiger partial charge in [-0.15, -0.1) is 0 Å². The van der Waals surface area contributed by atoms with Crippen LogP contribution in [0.3, 0.4) is 0 Å². The summed E-state index contributed by atoms with van der Waals surface area (Å²) in [6, 6.07) is 0.182. The quantitative estimate of drug-likeness (QED) is 0.687. The Morgan fingerprint density at radius 2 is 1.62 bits per heavy atom. The van der Waals surface area contributed by atoms with Crippen LogP contribution in [0.25, 0.3) is 0 Å². The van der Waals surface area contributed by atoms with Gasteiger partial charge in [-0.05, 0) is 57.5 Å². The summed E-state index contributed by atoms with van der Waals surface area (Å²) >= 11 is 0. The van der Waals surface area contributed by atoms with Crippen LogP contribution < -0.4 is 16.0 Å². The van der Waals surface area contributed by atoms with Crippen molar-refractivity contribution in [2.24, 2.45) is 11.8 Å². The van der Waals surface area contributed by atoms with Crippen molar-refractivity contribution in [3.63, 3.8) is 0 Å². The van der Waals surface area contributed by atoms with E-state index in [1.165, 1.54) is 6.42 Å². The number of urea groups is 1. The SMILES string of the molecule is CC1CCCCC1NC(=O)NC(=O)CN1CCC(C(=O)NC2CC2)CC1. The van der Waals surface area contributed by atoms with Crippen molar-refractivity contribution in [3.05, 3.63) is 0 Å². The van der Waals surface area contributed by atoms with Crippen LogP contribution in [0.2, 0.25) is 0 Å². The van der Waals surface area contributed by atoms with E-state index in [9.17, 15) is 14.4 Å². The van der Waals surface area contributed by atoms with Crippen LogP contribution >= 0.6 is 0 Å². The summed E-state index contributed by atoms with van der Waals surface area (Å²) in [5.74, 6) is 0.417. The van der Waals surface area contributed by atoms with Crippen LogP contribution in [0, 0.1) is 11.8 Å². The van der Waals surface area contributed by atoms with Crippen LogP contribution in [0.5, 0.6) is 0 Å². The molecule has 0 radical (unpaired) electrons. The van der Waals surface area contributed by atoms with Crippen LogP contribution in [0.4, 0.5) is 4.79 Å². The van der Waals surface area contributed by atoms with E-state index in [0.29, 0.717) is 12.0 Å². The van der Waals surface area contributed by atoms with E-state index in [0.717, 1.165) is 58.0 Å². The number of hydrogen-bond donors (Lipinski definition) is 3. The first-order valence-electron chi connectivity index (χ1n) is 10.1. The highest BCUT2D eigenvalue weighted by Crippen LogP contribution is 2.24. The summed E-state index contributed by atoms with van der Waals surface area (Å²) in [7, 11) is 0. The third kappa shape index (κ3) is 5.69. The van der Waals surface area contributed by atoms with Crippen LogP contribution in [-0.2, 0) is 9.59 Å². The van der Waals surface area contributed by atoms with Crippen molar-refractivity contribution < 1.29 is 14.4 Å². The number of piperidine rings is 1. The predicted molar refractivity (Wildman–Crippen MR) is 98.4 cm³/mol. The molecule has 146 valence electrons. The number of likely N-dealkylation sites (tertiary alicyclic amines) is 1. The van der Waals surface area contributed by atoms with Gasteiger partial charge in [0.25, 0.3) is 0 Å². The Hall–Kier alpha value is -1.63. The van der Waals surface area contributed by atoms with Gasteiger partial charge in [-0.2, -0.15) is 0 Å². The molecule has 3 fully saturated rings. The standard InChI is InChI=1S/C19H32N4O3/c1-13-4-2-3-5-16(13)21-19(26)22-17(24)12-23-10-8-14(9-11-23)18(25)20-15-6-7-15/h13-16H,2-12H2,1H3,(H,20,25)(H2,21,22,24,26). The molecule has 2 atom stereocenters. The number of nitrogens with one attached hydrogen (secondary N) is 3. The molecule has 0 spiro atoms. The molecule has 2 unspecified atom stereocenters. The van der Waals surface area contributed by atoms with Crippen molar-refractivity contribution in [3.8, 4) is 0 Å². The molecule has 1 heterocycles. The molecule has 0 aromatic heterocycles. The summed E-state index contributed by atoms with van der Waals surface area (Å²) in [5, 5.41) is 8.45. The Balaban J connectivity index is 1.33. The zero-order chi connectivity index (χ0) is 18.5. The summed E-state index contributed by atoms with van der Waals surface area (Å²) in [6.07, 6.45) is 8.22. The molecule has 2 saturated carbocycles. The molecule has 7 heteroatoms. The maximum atomic E-state index is 12.1. The second kappa shape index (κ2) is 8.84. The highest BCUT2D eigenvalue weighted by Gasteiger charge is 2.30. The van der Waals surface area contributed by atoms with E-state index in [1.54, 1.807) is 0 Å². The van der Waals surface area contributed by atoms with Gasteiger partial charge in [0.15, 0.2) is 0 Å². The second-order valence-electron chi connectivity index (χ2n) is 8.22. The van der Waals surface area contributed by atoms with Gasteiger partial charge in [-0.1, -0.05) is 19.8 Å². The average molecular weight is 364 g/mol. The lowest BCUT2D eigenvalue weighted by Crippen LogP contribution is -2.50. The van der Waals surface area contributed by atoms with E-state index >= 15 is 0 Å². The maximum Gasteiger partial charge on any atom is 0.321 e. The fourth-order valence-corrected chi connectivity index (χ4v) is 4.00. The zero-order valence-electron chi connectivity index (χ0n) is 15.8. The molecule has 4 amide bonds. The molecule has 0 aromatic rings. The van der Waals surface area contributed by atoms with Crippen molar-refractivity contribution >= 4 is 17.8 Å². The van der Waals surface area contributed by atoms with Crippen molar-refractivity contribution in [2.45, 2.75) is 70.4 Å². The molecule has 2 aliphatic carbocycles. The topological polar surface area (TPSA) is 90.5 Å². The number of imide groups is 1. The lowest BCUT2D eigenvalue weighted by molar-refractivity contribution is -0.126. The Morgan fingerprint density at radius 1 is 0.923 bits per heavy atom. The normalized spacial score (nSPS) is 27.6. The van der Waals surface area contributed by atoms with Crippen LogP contribution in [0.1, 0.15) is 58.3 Å². The van der Waals surface area contributed by atoms with Gasteiger partial charge in [0.1, 0.15) is 0 Å². The number of carbonyl (C=O) groups is 3. The Bertz CT molecular complexity index is 527. The molecule has 1 saturated heterocycles. The third-order valence-electron chi connectivity index (χ3n) is 5.93. The van der Waals surface area contributed by atoms with Gasteiger partial charge >= 0.3 is 6.03 Å². The molecule has 26 heavy (non-hydrogen) atoms. The lowest BCUT2D eigenvalue weighted by Gasteiger charge is -2.31. The van der Waals surface area contributed by atoms with E-state index in [2.05, 4.69) is 22.9 Å². The van der Waals surface area contributed by atoms with Crippen molar-refractivity contribution in [1.29, 1.82) is 0 Å². The van der Waals surface area contributed by atoms with E-state index in [4.69, 9.17) is 0 Å². The molecular formula is C19H32N4O3. The minimum Gasteiger partial charge on any atom is -0.353 e. The molecule has 7 nitrogen and oxygen atoms in total. The third-order valence-corrected chi connectivity index (χ3v) is 5.93. The largest absolute Gasteiger partial charge is 0.353 e. The molecule has 0 aromatic carbocycles. The number of nitrogens with zero attached hydrogens (tertiary/aromatic N) is 1. The first-order chi connectivity index (χ1) is 12.5. The molecule has 3 rings (SSSR count). The van der Waals surface area contributed by atoms with Gasteiger partial charge in [0.2, 0.25) is 11.8 Å². The van der Waals surface area contributed by atoms with Crippen LogP contribution in [-0.4, -0.2) is 54.5 Å². The molecule has 3 N–H and O–H groups in total. The highest BCUT2D eigenvalue weighted by atomic mass is 16.2. The smallest absolute Gasteiger partial charge is 0.321 e. The number of hydrogen-bond acceptors (Lipinski definition) is 4. The molecule has 0 bridgehead atoms. The van der Waals surface area contributed by atoms with Gasteiger partial charge < -0.3 is 10.6 Å². The first kappa shape index (κ1) is 19.1. The van der Waals surface area contributed by atoms with E-state index < -0.39 is 0 Å². The Labute approximate surface area is 155 Å². The fourth-order valence-electron chi connectivity index (χ4n) is 4.00. The minimum absolute atomic E-state index is 0.0611. The van der Waals surface area contributed by atoms with E-state index in [-0.39, 0.29) is 36.3 Å². The number of amides is 4. The summed E-state index contributed by atoms with van der Waals surface area (Å²) < 4.78 is 0. The predicted octanol–water partition coefficient (Wildman–Crippen LogP) is 1.38. The Morgan fingerprint density at radius 3 is 2.27 bits per heavy atom. The second-order valence-corrected chi connectivity index (χ2v) is 8.22.